The van der Waals surface area contributed by atoms with Crippen LogP contribution in [0.4, 0.5) is 16.2 Å². The van der Waals surface area contributed by atoms with Gasteiger partial charge >= 0.3 is 6.03 Å². The number of carbonyl (C=O) groups excluding carboxylic acids is 1. The van der Waals surface area contributed by atoms with Crippen molar-refractivity contribution in [3.63, 3.8) is 0 Å². The summed E-state index contributed by atoms with van der Waals surface area (Å²) in [6.45, 7) is 0. The first kappa shape index (κ1) is 11.4. The number of carbonyl (C=O) groups is 1. The zero-order valence-corrected chi connectivity index (χ0v) is 9.61. The normalized spacial score (nSPS) is 9.71. The molecule has 0 bridgehead atoms. The number of para-hydroxylation sites is 1. The van der Waals surface area contributed by atoms with Crippen LogP contribution in [0.3, 0.4) is 0 Å². The van der Waals surface area contributed by atoms with Crippen molar-refractivity contribution in [2.45, 2.75) is 0 Å². The number of amides is 2. The largest absolute Gasteiger partial charge is 0.323 e. The van der Waals surface area contributed by atoms with Crippen molar-refractivity contribution in [3.8, 4) is 0 Å². The van der Waals surface area contributed by atoms with Crippen LogP contribution in [0.15, 0.2) is 48.8 Å². The van der Waals surface area contributed by atoms with Gasteiger partial charge in [-0.05, 0) is 18.2 Å². The predicted molar refractivity (Wildman–Crippen MR) is 68.3 cm³/mol. The first-order valence-electron chi connectivity index (χ1n) is 4.97. The van der Waals surface area contributed by atoms with Crippen LogP contribution in [0.2, 0.25) is 5.02 Å². The Bertz CT molecular complexity index is 516. The van der Waals surface area contributed by atoms with E-state index in [4.69, 9.17) is 11.6 Å². The van der Waals surface area contributed by atoms with E-state index in [9.17, 15) is 4.79 Å². The second-order valence-electron chi connectivity index (χ2n) is 3.34. The van der Waals surface area contributed by atoms with Crippen LogP contribution in [0.5, 0.6) is 0 Å². The van der Waals surface area contributed by atoms with Crippen LogP contribution in [0, 0.1) is 0 Å². The van der Waals surface area contributed by atoms with E-state index in [2.05, 4.69) is 15.6 Å². The van der Waals surface area contributed by atoms with Gasteiger partial charge in [0.2, 0.25) is 0 Å². The topological polar surface area (TPSA) is 54.0 Å². The van der Waals surface area contributed by atoms with E-state index in [0.717, 1.165) is 5.69 Å². The van der Waals surface area contributed by atoms with E-state index in [1.165, 1.54) is 12.4 Å². The van der Waals surface area contributed by atoms with Crippen LogP contribution in [-0.2, 0) is 0 Å². The molecule has 1 aromatic carbocycles. The summed E-state index contributed by atoms with van der Waals surface area (Å²) in [6.07, 6.45) is 3.03. The predicted octanol–water partition coefficient (Wildman–Crippen LogP) is 3.38. The molecule has 0 fully saturated rings. The van der Waals surface area contributed by atoms with Gasteiger partial charge in [0.1, 0.15) is 0 Å². The molecule has 17 heavy (non-hydrogen) atoms. The van der Waals surface area contributed by atoms with Crippen LogP contribution in [0.25, 0.3) is 0 Å². The molecular formula is C12H10ClN3O. The highest BCUT2D eigenvalue weighted by Crippen LogP contribution is 2.13. The Balaban J connectivity index is 1.98. The summed E-state index contributed by atoms with van der Waals surface area (Å²) in [6, 6.07) is 10.5. The molecule has 0 radical (unpaired) electrons. The monoisotopic (exact) mass is 247 g/mol. The minimum Gasteiger partial charge on any atom is -0.308 e. The lowest BCUT2D eigenvalue weighted by molar-refractivity contribution is 0.262. The first-order chi connectivity index (χ1) is 8.24. The van der Waals surface area contributed by atoms with Gasteiger partial charge in [-0.2, -0.15) is 0 Å². The van der Waals surface area contributed by atoms with Gasteiger partial charge in [-0.1, -0.05) is 29.8 Å². The fourth-order valence-corrected chi connectivity index (χ4v) is 1.47. The van der Waals surface area contributed by atoms with Crippen LogP contribution < -0.4 is 10.6 Å². The summed E-state index contributed by atoms with van der Waals surface area (Å²) in [7, 11) is 0. The van der Waals surface area contributed by atoms with Gasteiger partial charge in [0.15, 0.2) is 0 Å². The molecule has 0 atom stereocenters. The Labute approximate surface area is 104 Å². The lowest BCUT2D eigenvalue weighted by atomic mass is 10.3. The average molecular weight is 248 g/mol. The van der Waals surface area contributed by atoms with E-state index in [1.54, 1.807) is 18.2 Å². The van der Waals surface area contributed by atoms with Crippen LogP contribution >= 0.6 is 11.6 Å². The Morgan fingerprint density at radius 2 is 1.76 bits per heavy atom. The summed E-state index contributed by atoms with van der Waals surface area (Å²) in [5.74, 6) is 0. The fourth-order valence-electron chi connectivity index (χ4n) is 1.30. The molecule has 2 aromatic rings. The smallest absolute Gasteiger partial charge is 0.308 e. The molecule has 0 saturated carbocycles. The van der Waals surface area contributed by atoms with E-state index >= 15 is 0 Å². The Morgan fingerprint density at radius 3 is 2.47 bits per heavy atom. The van der Waals surface area contributed by atoms with Crippen molar-refractivity contribution in [3.05, 3.63) is 53.8 Å². The number of halogens is 1. The Hall–Kier alpha value is -2.07. The van der Waals surface area contributed by atoms with Crippen molar-refractivity contribution in [1.29, 1.82) is 0 Å². The molecule has 0 aliphatic heterocycles. The maximum Gasteiger partial charge on any atom is 0.323 e. The molecule has 1 heterocycles. The average Bonchev–Trinajstić information content (AvgIpc) is 2.30. The number of nitrogens with one attached hydrogen (secondary N) is 2. The van der Waals surface area contributed by atoms with Crippen molar-refractivity contribution in [2.75, 3.05) is 10.6 Å². The van der Waals surface area contributed by atoms with Crippen molar-refractivity contribution >= 4 is 29.0 Å². The van der Waals surface area contributed by atoms with E-state index in [0.29, 0.717) is 10.7 Å². The fraction of sp³-hybridized carbons (Fsp3) is 0. The summed E-state index contributed by atoms with van der Waals surface area (Å²) >= 11 is 5.75. The van der Waals surface area contributed by atoms with Gasteiger partial charge < -0.3 is 10.6 Å². The van der Waals surface area contributed by atoms with Crippen molar-refractivity contribution in [1.82, 2.24) is 4.98 Å². The minimum atomic E-state index is -0.333. The third kappa shape index (κ3) is 3.46. The molecule has 2 amide bonds. The van der Waals surface area contributed by atoms with E-state index in [1.807, 2.05) is 18.2 Å². The minimum absolute atomic E-state index is 0.333. The number of hydrogen-bond acceptors (Lipinski definition) is 2. The van der Waals surface area contributed by atoms with Gasteiger partial charge in [-0.25, -0.2) is 4.79 Å². The maximum atomic E-state index is 11.6. The number of benzene rings is 1. The number of pyridine rings is 1. The lowest BCUT2D eigenvalue weighted by Gasteiger charge is -2.07. The number of urea groups is 1. The van der Waals surface area contributed by atoms with Gasteiger partial charge in [-0.15, -0.1) is 0 Å². The number of rotatable bonds is 2. The molecule has 0 aliphatic carbocycles. The number of anilines is 2. The summed E-state index contributed by atoms with van der Waals surface area (Å²) in [5.41, 5.74) is 1.27. The third-order valence-corrected chi connectivity index (χ3v) is 2.20. The van der Waals surface area contributed by atoms with Gasteiger partial charge in [0.25, 0.3) is 0 Å². The van der Waals surface area contributed by atoms with Gasteiger partial charge in [-0.3, -0.25) is 4.98 Å². The highest BCUT2D eigenvalue weighted by molar-refractivity contribution is 6.30. The van der Waals surface area contributed by atoms with Crippen molar-refractivity contribution in [2.24, 2.45) is 0 Å². The standard InChI is InChI=1S/C12H10ClN3O/c13-9-6-11(8-14-7-9)16-12(17)15-10-4-2-1-3-5-10/h1-8H,(H2,15,16,17). The maximum absolute atomic E-state index is 11.6. The van der Waals surface area contributed by atoms with Crippen LogP contribution in [0.1, 0.15) is 0 Å². The second-order valence-corrected chi connectivity index (χ2v) is 3.77. The quantitative estimate of drug-likeness (QED) is 0.855. The van der Waals surface area contributed by atoms with E-state index in [-0.39, 0.29) is 6.03 Å². The molecule has 0 aliphatic rings. The molecule has 2 N–H and O–H groups in total. The van der Waals surface area contributed by atoms with E-state index < -0.39 is 0 Å². The number of aromatic nitrogens is 1. The zero-order chi connectivity index (χ0) is 12.1. The first-order valence-corrected chi connectivity index (χ1v) is 5.35. The summed E-state index contributed by atoms with van der Waals surface area (Å²) in [5, 5.41) is 5.80. The molecule has 4 nitrogen and oxygen atoms in total. The lowest BCUT2D eigenvalue weighted by Crippen LogP contribution is -2.19. The summed E-state index contributed by atoms with van der Waals surface area (Å²) < 4.78 is 0. The molecule has 2 rings (SSSR count). The molecular weight excluding hydrogens is 238 g/mol. The summed E-state index contributed by atoms with van der Waals surface area (Å²) in [4.78, 5) is 15.5. The SMILES string of the molecule is O=C(Nc1ccccc1)Nc1cncc(Cl)c1. The third-order valence-electron chi connectivity index (χ3n) is 1.99. The van der Waals surface area contributed by atoms with Crippen LogP contribution in [-0.4, -0.2) is 11.0 Å². The molecule has 1 aromatic heterocycles. The highest BCUT2D eigenvalue weighted by Gasteiger charge is 2.02. The molecule has 0 spiro atoms. The Morgan fingerprint density at radius 1 is 1.06 bits per heavy atom. The number of nitrogens with zero attached hydrogens (tertiary/aromatic N) is 1. The molecule has 86 valence electrons. The zero-order valence-electron chi connectivity index (χ0n) is 8.85. The second kappa shape index (κ2) is 5.32. The van der Waals surface area contributed by atoms with Crippen molar-refractivity contribution < 1.29 is 4.79 Å². The molecule has 0 saturated heterocycles. The van der Waals surface area contributed by atoms with Gasteiger partial charge in [0.05, 0.1) is 16.9 Å². The highest BCUT2D eigenvalue weighted by atomic mass is 35.5. The molecule has 0 unspecified atom stereocenters. The van der Waals surface area contributed by atoms with Gasteiger partial charge in [0, 0.05) is 11.9 Å². The number of hydrogen-bond donors (Lipinski definition) is 2. The molecule has 5 heteroatoms. The Kier molecular flexibility index (Phi) is 3.57.